The Kier molecular flexibility index (Phi) is 4.93. The zero-order valence-corrected chi connectivity index (χ0v) is 10.1. The van der Waals surface area contributed by atoms with Crippen LogP contribution in [0.25, 0.3) is 0 Å². The maximum Gasteiger partial charge on any atom is 0.0138 e. The van der Waals surface area contributed by atoms with E-state index in [1.54, 1.807) is 0 Å². The van der Waals surface area contributed by atoms with Crippen molar-refractivity contribution in [1.82, 2.24) is 4.90 Å². The lowest BCUT2D eigenvalue weighted by Crippen LogP contribution is -2.40. The molecule has 0 heterocycles. The second kappa shape index (κ2) is 4.97. The largest absolute Gasteiger partial charge is 0.328 e. The van der Waals surface area contributed by atoms with Crippen LogP contribution in [0.5, 0.6) is 0 Å². The highest BCUT2D eigenvalue weighted by Crippen LogP contribution is 2.26. The van der Waals surface area contributed by atoms with E-state index in [2.05, 4.69) is 46.7 Å². The highest BCUT2D eigenvalue weighted by Gasteiger charge is 2.25. The molecule has 2 heteroatoms. The van der Waals surface area contributed by atoms with Gasteiger partial charge in [0.2, 0.25) is 0 Å². The van der Waals surface area contributed by atoms with Crippen LogP contribution in [0.2, 0.25) is 0 Å². The third-order valence-electron chi connectivity index (χ3n) is 2.52. The lowest BCUT2D eigenvalue weighted by Gasteiger charge is -2.36. The molecule has 2 N–H and O–H groups in total. The minimum atomic E-state index is 0.324. The average molecular weight is 186 g/mol. The maximum absolute atomic E-state index is 5.77. The van der Waals surface area contributed by atoms with Crippen LogP contribution in [0.1, 0.15) is 40.5 Å². The van der Waals surface area contributed by atoms with Crippen LogP contribution in [-0.4, -0.2) is 31.1 Å². The van der Waals surface area contributed by atoms with Crippen LogP contribution in [0.3, 0.4) is 0 Å². The van der Waals surface area contributed by atoms with Crippen molar-refractivity contribution < 1.29 is 0 Å². The monoisotopic (exact) mass is 186 g/mol. The van der Waals surface area contributed by atoms with Gasteiger partial charge in [0.05, 0.1) is 0 Å². The summed E-state index contributed by atoms with van der Waals surface area (Å²) in [5.74, 6) is 0. The predicted molar refractivity (Wildman–Crippen MR) is 59.8 cm³/mol. The summed E-state index contributed by atoms with van der Waals surface area (Å²) in [6, 6.07) is 0.947. The Balaban J connectivity index is 4.12. The van der Waals surface area contributed by atoms with Gasteiger partial charge in [0.15, 0.2) is 0 Å². The van der Waals surface area contributed by atoms with Crippen molar-refractivity contribution in [3.8, 4) is 0 Å². The number of rotatable bonds is 4. The molecule has 0 spiro atoms. The highest BCUT2D eigenvalue weighted by molar-refractivity contribution is 4.80. The molecule has 0 aromatic heterocycles. The van der Waals surface area contributed by atoms with E-state index in [1.807, 2.05) is 0 Å². The average Bonchev–Trinajstić information content (AvgIpc) is 1.81. The molecule has 0 aliphatic heterocycles. The van der Waals surface area contributed by atoms with Crippen molar-refractivity contribution in [3.05, 3.63) is 0 Å². The first kappa shape index (κ1) is 12.9. The normalized spacial score (nSPS) is 17.5. The van der Waals surface area contributed by atoms with Crippen molar-refractivity contribution in [2.75, 3.05) is 14.1 Å². The van der Waals surface area contributed by atoms with Crippen LogP contribution < -0.4 is 5.73 Å². The van der Waals surface area contributed by atoms with Gasteiger partial charge in [-0.05, 0) is 39.3 Å². The van der Waals surface area contributed by atoms with Gasteiger partial charge >= 0.3 is 0 Å². The topological polar surface area (TPSA) is 29.3 Å². The molecule has 0 saturated carbocycles. The minimum Gasteiger partial charge on any atom is -0.328 e. The summed E-state index contributed by atoms with van der Waals surface area (Å²) in [6.45, 7) is 8.95. The molecule has 0 aliphatic rings. The minimum absolute atomic E-state index is 0.324. The van der Waals surface area contributed by atoms with E-state index in [4.69, 9.17) is 5.73 Å². The Morgan fingerprint density at radius 3 is 1.85 bits per heavy atom. The highest BCUT2D eigenvalue weighted by atomic mass is 15.1. The molecule has 0 amide bonds. The summed E-state index contributed by atoms with van der Waals surface area (Å²) in [7, 11) is 4.30. The van der Waals surface area contributed by atoms with Crippen molar-refractivity contribution in [1.29, 1.82) is 0 Å². The second-order valence-corrected chi connectivity index (χ2v) is 5.40. The Bertz CT molecular complexity index is 134. The van der Waals surface area contributed by atoms with Crippen molar-refractivity contribution in [2.45, 2.75) is 52.6 Å². The third-order valence-corrected chi connectivity index (χ3v) is 2.52. The van der Waals surface area contributed by atoms with Crippen molar-refractivity contribution in [2.24, 2.45) is 11.1 Å². The Labute approximate surface area is 83.5 Å². The number of hydrogen-bond donors (Lipinski definition) is 1. The zero-order valence-electron chi connectivity index (χ0n) is 10.1. The second-order valence-electron chi connectivity index (χ2n) is 5.40. The standard InChI is InChI=1S/C11H26N2/c1-9(12)7-8-10(13(5)6)11(2,3)4/h9-10H,7-8,12H2,1-6H3. The molecule has 0 aromatic carbocycles. The fraction of sp³-hybridized carbons (Fsp3) is 1.00. The van der Waals surface area contributed by atoms with E-state index in [-0.39, 0.29) is 0 Å². The molecule has 13 heavy (non-hydrogen) atoms. The fourth-order valence-corrected chi connectivity index (χ4v) is 1.89. The van der Waals surface area contributed by atoms with Gasteiger partial charge in [0.1, 0.15) is 0 Å². The van der Waals surface area contributed by atoms with Crippen molar-refractivity contribution in [3.63, 3.8) is 0 Å². The number of nitrogens with two attached hydrogens (primary N) is 1. The maximum atomic E-state index is 5.77. The number of hydrogen-bond acceptors (Lipinski definition) is 2. The Morgan fingerprint density at radius 1 is 1.15 bits per heavy atom. The molecule has 0 aliphatic carbocycles. The molecule has 0 aromatic rings. The summed E-state index contributed by atoms with van der Waals surface area (Å²) in [5, 5.41) is 0. The van der Waals surface area contributed by atoms with Gasteiger partial charge in [-0.25, -0.2) is 0 Å². The molecule has 2 nitrogen and oxygen atoms in total. The molecule has 0 fully saturated rings. The van der Waals surface area contributed by atoms with Crippen LogP contribution in [0, 0.1) is 5.41 Å². The summed E-state index contributed by atoms with van der Waals surface area (Å²) >= 11 is 0. The summed E-state index contributed by atoms with van der Waals surface area (Å²) < 4.78 is 0. The molecule has 0 rings (SSSR count). The first-order valence-corrected chi connectivity index (χ1v) is 5.17. The van der Waals surface area contributed by atoms with Gasteiger partial charge in [-0.15, -0.1) is 0 Å². The molecule has 0 radical (unpaired) electrons. The van der Waals surface area contributed by atoms with Crippen molar-refractivity contribution >= 4 is 0 Å². The zero-order chi connectivity index (χ0) is 10.6. The quantitative estimate of drug-likeness (QED) is 0.728. The first-order valence-electron chi connectivity index (χ1n) is 5.17. The van der Waals surface area contributed by atoms with Crippen LogP contribution in [0.4, 0.5) is 0 Å². The first-order chi connectivity index (χ1) is 5.75. The Hall–Kier alpha value is -0.0800. The SMILES string of the molecule is CC(N)CCC(N(C)C)C(C)(C)C. The van der Waals surface area contributed by atoms with Crippen LogP contribution >= 0.6 is 0 Å². The van der Waals surface area contributed by atoms with Gasteiger partial charge in [-0.1, -0.05) is 20.8 Å². The molecular weight excluding hydrogens is 160 g/mol. The summed E-state index contributed by atoms with van der Waals surface area (Å²) in [4.78, 5) is 2.31. The predicted octanol–water partition coefficient (Wildman–Crippen LogP) is 2.09. The molecule has 80 valence electrons. The van der Waals surface area contributed by atoms with Crippen LogP contribution in [-0.2, 0) is 0 Å². The van der Waals surface area contributed by atoms with Gasteiger partial charge in [0, 0.05) is 12.1 Å². The van der Waals surface area contributed by atoms with E-state index >= 15 is 0 Å². The van der Waals surface area contributed by atoms with E-state index in [0.29, 0.717) is 17.5 Å². The van der Waals surface area contributed by atoms with Gasteiger partial charge < -0.3 is 10.6 Å². The Morgan fingerprint density at radius 2 is 1.62 bits per heavy atom. The van der Waals surface area contributed by atoms with Crippen LogP contribution in [0.15, 0.2) is 0 Å². The van der Waals surface area contributed by atoms with Gasteiger partial charge in [0.25, 0.3) is 0 Å². The summed E-state index contributed by atoms with van der Waals surface area (Å²) in [5.41, 5.74) is 6.11. The van der Waals surface area contributed by atoms with Gasteiger partial charge in [-0.3, -0.25) is 0 Å². The van der Waals surface area contributed by atoms with Gasteiger partial charge in [-0.2, -0.15) is 0 Å². The van der Waals surface area contributed by atoms with E-state index in [0.717, 1.165) is 6.42 Å². The van der Waals surface area contributed by atoms with E-state index < -0.39 is 0 Å². The molecule has 0 saturated heterocycles. The lowest BCUT2D eigenvalue weighted by molar-refractivity contribution is 0.138. The van der Waals surface area contributed by atoms with E-state index in [1.165, 1.54) is 6.42 Å². The lowest BCUT2D eigenvalue weighted by atomic mass is 9.83. The fourth-order valence-electron chi connectivity index (χ4n) is 1.89. The van der Waals surface area contributed by atoms with E-state index in [9.17, 15) is 0 Å². The molecule has 2 atom stereocenters. The smallest absolute Gasteiger partial charge is 0.0138 e. The molecular formula is C11H26N2. The number of nitrogens with zero attached hydrogens (tertiary/aromatic N) is 1. The summed E-state index contributed by atoms with van der Waals surface area (Å²) in [6.07, 6.45) is 2.30. The third kappa shape index (κ3) is 5.27. The molecule has 0 bridgehead atoms. The molecule has 2 unspecified atom stereocenters.